The predicted octanol–water partition coefficient (Wildman–Crippen LogP) is 3.51. The fourth-order valence-corrected chi connectivity index (χ4v) is 3.50. The quantitative estimate of drug-likeness (QED) is 0.912. The van der Waals surface area contributed by atoms with Crippen LogP contribution < -0.4 is 4.72 Å². The third-order valence-electron chi connectivity index (χ3n) is 2.69. The van der Waals surface area contributed by atoms with Crippen LogP contribution in [0.3, 0.4) is 0 Å². The van der Waals surface area contributed by atoms with Crippen LogP contribution >= 0.6 is 23.2 Å². The lowest BCUT2D eigenvalue weighted by molar-refractivity contribution is 0.581. The average molecular weight is 330 g/mol. The molecule has 0 aliphatic rings. The van der Waals surface area contributed by atoms with E-state index in [4.69, 9.17) is 23.2 Å². The van der Waals surface area contributed by atoms with Crippen molar-refractivity contribution in [3.63, 3.8) is 0 Å². The van der Waals surface area contributed by atoms with Crippen LogP contribution in [0.5, 0.6) is 0 Å². The molecule has 20 heavy (non-hydrogen) atoms. The summed E-state index contributed by atoms with van der Waals surface area (Å²) in [4.78, 5) is 0.0723. The van der Waals surface area contributed by atoms with Crippen molar-refractivity contribution in [3.05, 3.63) is 64.1 Å². The van der Waals surface area contributed by atoms with E-state index in [0.717, 1.165) is 5.56 Å². The zero-order valence-corrected chi connectivity index (χ0v) is 12.8. The summed E-state index contributed by atoms with van der Waals surface area (Å²) in [6, 6.07) is 13.9. The van der Waals surface area contributed by atoms with Gasteiger partial charge in [0, 0.05) is 16.6 Å². The lowest BCUT2D eigenvalue weighted by Gasteiger charge is -2.07. The molecule has 6 heteroatoms. The number of benzene rings is 2. The minimum Gasteiger partial charge on any atom is -0.211 e. The van der Waals surface area contributed by atoms with E-state index in [1.165, 1.54) is 18.2 Å². The van der Waals surface area contributed by atoms with Crippen molar-refractivity contribution in [1.82, 2.24) is 4.72 Å². The third-order valence-corrected chi connectivity index (χ3v) is 4.57. The van der Waals surface area contributed by atoms with Gasteiger partial charge in [0.15, 0.2) is 0 Å². The molecule has 0 aliphatic heterocycles. The molecular weight excluding hydrogens is 317 g/mol. The Hall–Kier alpha value is -1.07. The highest BCUT2D eigenvalue weighted by atomic mass is 35.5. The SMILES string of the molecule is O=S(=O)(NCCc1ccccc1)c1cc(Cl)cc(Cl)c1. The van der Waals surface area contributed by atoms with Crippen LogP contribution in [-0.2, 0) is 16.4 Å². The molecule has 2 rings (SSSR count). The molecule has 0 saturated carbocycles. The Labute approximate surface area is 128 Å². The summed E-state index contributed by atoms with van der Waals surface area (Å²) in [5, 5.41) is 0.585. The second-order valence-electron chi connectivity index (χ2n) is 4.24. The minimum atomic E-state index is -3.59. The molecular formula is C14H13Cl2NO2S. The number of rotatable bonds is 5. The molecule has 1 N–H and O–H groups in total. The Morgan fingerprint density at radius 2 is 1.55 bits per heavy atom. The van der Waals surface area contributed by atoms with Crippen LogP contribution in [0, 0.1) is 0 Å². The van der Waals surface area contributed by atoms with Crippen molar-refractivity contribution in [2.75, 3.05) is 6.54 Å². The maximum absolute atomic E-state index is 12.1. The van der Waals surface area contributed by atoms with Gasteiger partial charge in [-0.1, -0.05) is 53.5 Å². The smallest absolute Gasteiger partial charge is 0.211 e. The third kappa shape index (κ3) is 4.21. The Kier molecular flexibility index (Phi) is 5.05. The first kappa shape index (κ1) is 15.3. The molecule has 106 valence electrons. The van der Waals surface area contributed by atoms with Crippen molar-refractivity contribution >= 4 is 33.2 Å². The van der Waals surface area contributed by atoms with Gasteiger partial charge in [0.05, 0.1) is 4.90 Å². The van der Waals surface area contributed by atoms with Gasteiger partial charge in [0.25, 0.3) is 0 Å². The molecule has 0 fully saturated rings. The summed E-state index contributed by atoms with van der Waals surface area (Å²) in [5.41, 5.74) is 1.07. The molecule has 0 amide bonds. The van der Waals surface area contributed by atoms with Crippen LogP contribution in [0.15, 0.2) is 53.4 Å². The number of nitrogens with one attached hydrogen (secondary N) is 1. The first-order chi connectivity index (χ1) is 9.47. The monoisotopic (exact) mass is 329 g/mol. The number of sulfonamides is 1. The van der Waals surface area contributed by atoms with Crippen LogP contribution in [-0.4, -0.2) is 15.0 Å². The van der Waals surface area contributed by atoms with Gasteiger partial charge in [0.2, 0.25) is 10.0 Å². The average Bonchev–Trinajstić information content (AvgIpc) is 2.38. The Morgan fingerprint density at radius 1 is 0.950 bits per heavy atom. The first-order valence-corrected chi connectivity index (χ1v) is 8.21. The van der Waals surface area contributed by atoms with E-state index in [0.29, 0.717) is 23.0 Å². The first-order valence-electron chi connectivity index (χ1n) is 5.97. The maximum Gasteiger partial charge on any atom is 0.240 e. The maximum atomic E-state index is 12.1. The van der Waals surface area contributed by atoms with Crippen molar-refractivity contribution in [1.29, 1.82) is 0 Å². The van der Waals surface area contributed by atoms with E-state index >= 15 is 0 Å². The molecule has 0 radical (unpaired) electrons. The second kappa shape index (κ2) is 6.59. The van der Waals surface area contributed by atoms with Gasteiger partial charge < -0.3 is 0 Å². The van der Waals surface area contributed by atoms with E-state index < -0.39 is 10.0 Å². The predicted molar refractivity (Wildman–Crippen MR) is 81.8 cm³/mol. The van der Waals surface area contributed by atoms with E-state index in [1.807, 2.05) is 30.3 Å². The molecule has 0 saturated heterocycles. The summed E-state index contributed by atoms with van der Waals surface area (Å²) in [5.74, 6) is 0. The molecule has 0 atom stereocenters. The van der Waals surface area contributed by atoms with Crippen LogP contribution in [0.25, 0.3) is 0 Å². The highest BCUT2D eigenvalue weighted by Gasteiger charge is 2.14. The summed E-state index contributed by atoms with van der Waals surface area (Å²) in [6.45, 7) is 0.316. The molecule has 3 nitrogen and oxygen atoms in total. The Bertz CT molecular complexity index is 667. The van der Waals surface area contributed by atoms with Gasteiger partial charge in [-0.05, 0) is 30.2 Å². The molecule has 0 heterocycles. The van der Waals surface area contributed by atoms with Crippen molar-refractivity contribution in [2.45, 2.75) is 11.3 Å². The summed E-state index contributed by atoms with van der Waals surface area (Å²) >= 11 is 11.6. The number of hydrogen-bond acceptors (Lipinski definition) is 2. The minimum absolute atomic E-state index is 0.0723. The fraction of sp³-hybridized carbons (Fsp3) is 0.143. The highest BCUT2D eigenvalue weighted by molar-refractivity contribution is 7.89. The Morgan fingerprint density at radius 3 is 2.15 bits per heavy atom. The molecule has 0 bridgehead atoms. The molecule has 2 aromatic rings. The zero-order valence-electron chi connectivity index (χ0n) is 10.5. The van der Waals surface area contributed by atoms with Gasteiger partial charge in [-0.15, -0.1) is 0 Å². The lowest BCUT2D eigenvalue weighted by Crippen LogP contribution is -2.26. The van der Waals surface area contributed by atoms with Gasteiger partial charge in [-0.25, -0.2) is 13.1 Å². The van der Waals surface area contributed by atoms with Gasteiger partial charge in [-0.3, -0.25) is 0 Å². The molecule has 0 aromatic heterocycles. The van der Waals surface area contributed by atoms with E-state index in [-0.39, 0.29) is 4.90 Å². The molecule has 0 spiro atoms. The second-order valence-corrected chi connectivity index (χ2v) is 6.88. The standard InChI is InChI=1S/C14H13Cl2NO2S/c15-12-8-13(16)10-14(9-12)20(18,19)17-7-6-11-4-2-1-3-5-11/h1-5,8-10,17H,6-7H2. The normalized spacial score (nSPS) is 11.5. The van der Waals surface area contributed by atoms with Crippen LogP contribution in [0.1, 0.15) is 5.56 Å². The van der Waals surface area contributed by atoms with Gasteiger partial charge in [0.1, 0.15) is 0 Å². The van der Waals surface area contributed by atoms with E-state index in [1.54, 1.807) is 0 Å². The zero-order chi connectivity index (χ0) is 14.6. The number of halogens is 2. The number of hydrogen-bond donors (Lipinski definition) is 1. The van der Waals surface area contributed by atoms with E-state index in [9.17, 15) is 8.42 Å². The summed E-state index contributed by atoms with van der Waals surface area (Å²) < 4.78 is 26.7. The lowest BCUT2D eigenvalue weighted by atomic mass is 10.2. The topological polar surface area (TPSA) is 46.2 Å². The molecule has 2 aromatic carbocycles. The Balaban J connectivity index is 2.04. The van der Waals surface area contributed by atoms with Gasteiger partial charge in [-0.2, -0.15) is 0 Å². The molecule has 0 aliphatic carbocycles. The van der Waals surface area contributed by atoms with E-state index in [2.05, 4.69) is 4.72 Å². The summed E-state index contributed by atoms with van der Waals surface area (Å²) in [7, 11) is -3.59. The largest absolute Gasteiger partial charge is 0.240 e. The van der Waals surface area contributed by atoms with Crippen molar-refractivity contribution in [3.8, 4) is 0 Å². The van der Waals surface area contributed by atoms with Gasteiger partial charge >= 0.3 is 0 Å². The molecule has 0 unspecified atom stereocenters. The van der Waals surface area contributed by atoms with Crippen LogP contribution in [0.2, 0.25) is 10.0 Å². The highest BCUT2D eigenvalue weighted by Crippen LogP contribution is 2.22. The fourth-order valence-electron chi connectivity index (χ4n) is 1.74. The van der Waals surface area contributed by atoms with Crippen molar-refractivity contribution < 1.29 is 8.42 Å². The van der Waals surface area contributed by atoms with Crippen LogP contribution in [0.4, 0.5) is 0 Å². The summed E-state index contributed by atoms with van der Waals surface area (Å²) in [6.07, 6.45) is 0.619. The van der Waals surface area contributed by atoms with Crippen molar-refractivity contribution in [2.24, 2.45) is 0 Å².